The van der Waals surface area contributed by atoms with E-state index in [0.717, 1.165) is 0 Å². The van der Waals surface area contributed by atoms with Crippen molar-refractivity contribution in [3.63, 3.8) is 0 Å². The molecule has 0 aliphatic rings. The molecule has 0 aliphatic heterocycles. The Kier molecular flexibility index (Phi) is 5.41. The van der Waals surface area contributed by atoms with Gasteiger partial charge in [0.1, 0.15) is 0 Å². The lowest BCUT2D eigenvalue weighted by Crippen LogP contribution is -2.17. The predicted molar refractivity (Wildman–Crippen MR) is 84.1 cm³/mol. The van der Waals surface area contributed by atoms with E-state index in [1.54, 1.807) is 32.9 Å². The third kappa shape index (κ3) is 3.71. The van der Waals surface area contributed by atoms with E-state index < -0.39 is 11.9 Å². The predicted octanol–water partition coefficient (Wildman–Crippen LogP) is 2.81. The van der Waals surface area contributed by atoms with Crippen LogP contribution in [0.25, 0.3) is 11.4 Å². The monoisotopic (exact) mass is 314 g/mol. The van der Waals surface area contributed by atoms with Crippen molar-refractivity contribution in [2.75, 3.05) is 13.2 Å². The number of carbonyl (C=O) groups excluding carboxylic acids is 2. The van der Waals surface area contributed by atoms with Crippen LogP contribution in [-0.4, -0.2) is 35.1 Å². The molecule has 0 amide bonds. The van der Waals surface area contributed by atoms with Gasteiger partial charge in [-0.15, -0.1) is 0 Å². The second-order valence-corrected chi connectivity index (χ2v) is 4.68. The molecular formula is C17H18N2O4. The summed E-state index contributed by atoms with van der Waals surface area (Å²) in [5.41, 5.74) is 1.19. The molecule has 1 aromatic carbocycles. The molecule has 0 radical (unpaired) electrons. The molecule has 2 aromatic rings. The summed E-state index contributed by atoms with van der Waals surface area (Å²) >= 11 is 0. The van der Waals surface area contributed by atoms with Crippen molar-refractivity contribution in [2.45, 2.75) is 20.8 Å². The number of nitrogens with zero attached hydrogens (tertiary/aromatic N) is 2. The van der Waals surface area contributed by atoms with Crippen molar-refractivity contribution < 1.29 is 19.1 Å². The quantitative estimate of drug-likeness (QED) is 0.790. The average Bonchev–Trinajstić information content (AvgIpc) is 2.56. The summed E-state index contributed by atoms with van der Waals surface area (Å²) in [7, 11) is 0. The highest BCUT2D eigenvalue weighted by atomic mass is 16.5. The van der Waals surface area contributed by atoms with Crippen LogP contribution in [0.1, 0.15) is 40.4 Å². The lowest BCUT2D eigenvalue weighted by Gasteiger charge is -2.11. The summed E-state index contributed by atoms with van der Waals surface area (Å²) in [6, 6.07) is 9.11. The smallest absolute Gasteiger partial charge is 0.357 e. The minimum Gasteiger partial charge on any atom is -0.461 e. The van der Waals surface area contributed by atoms with E-state index in [1.807, 2.05) is 18.2 Å². The Balaban J connectivity index is 2.60. The SMILES string of the molecule is CCOC(=O)c1nc(-c2ccccc2)nc(C(=O)OCC)c1C. The fourth-order valence-electron chi connectivity index (χ4n) is 2.03. The Morgan fingerprint density at radius 3 is 1.83 bits per heavy atom. The van der Waals surface area contributed by atoms with Gasteiger partial charge in [-0.2, -0.15) is 0 Å². The molecule has 23 heavy (non-hydrogen) atoms. The van der Waals surface area contributed by atoms with Crippen LogP contribution in [-0.2, 0) is 9.47 Å². The molecule has 1 aromatic heterocycles. The van der Waals surface area contributed by atoms with Crippen LogP contribution in [0, 0.1) is 6.92 Å². The summed E-state index contributed by atoms with van der Waals surface area (Å²) in [4.78, 5) is 32.8. The Morgan fingerprint density at radius 2 is 1.39 bits per heavy atom. The van der Waals surface area contributed by atoms with E-state index in [0.29, 0.717) is 11.1 Å². The van der Waals surface area contributed by atoms with Gasteiger partial charge in [0, 0.05) is 11.1 Å². The van der Waals surface area contributed by atoms with E-state index >= 15 is 0 Å². The average molecular weight is 314 g/mol. The first-order valence-electron chi connectivity index (χ1n) is 7.36. The first-order chi connectivity index (χ1) is 11.1. The Morgan fingerprint density at radius 1 is 0.913 bits per heavy atom. The fourth-order valence-corrected chi connectivity index (χ4v) is 2.03. The van der Waals surface area contributed by atoms with Gasteiger partial charge >= 0.3 is 11.9 Å². The summed E-state index contributed by atoms with van der Waals surface area (Å²) in [5.74, 6) is -0.896. The van der Waals surface area contributed by atoms with Gasteiger partial charge in [0.2, 0.25) is 0 Å². The minimum absolute atomic E-state index is 0.0729. The second kappa shape index (κ2) is 7.49. The van der Waals surface area contributed by atoms with Crippen LogP contribution in [0.2, 0.25) is 0 Å². The molecule has 0 unspecified atom stereocenters. The van der Waals surface area contributed by atoms with Crippen LogP contribution >= 0.6 is 0 Å². The van der Waals surface area contributed by atoms with Crippen molar-refractivity contribution in [1.29, 1.82) is 0 Å². The number of hydrogen-bond acceptors (Lipinski definition) is 6. The maximum absolute atomic E-state index is 12.1. The van der Waals surface area contributed by atoms with E-state index in [9.17, 15) is 9.59 Å². The lowest BCUT2D eigenvalue weighted by molar-refractivity contribution is 0.0514. The molecule has 0 N–H and O–H groups in total. The summed E-state index contributed by atoms with van der Waals surface area (Å²) in [6.07, 6.45) is 0. The molecule has 0 saturated heterocycles. The number of hydrogen-bond donors (Lipinski definition) is 0. The van der Waals surface area contributed by atoms with Crippen molar-refractivity contribution in [3.8, 4) is 11.4 Å². The zero-order valence-corrected chi connectivity index (χ0v) is 13.3. The molecule has 120 valence electrons. The normalized spacial score (nSPS) is 10.2. The molecule has 0 bridgehead atoms. The number of ether oxygens (including phenoxy) is 2. The molecule has 6 nitrogen and oxygen atoms in total. The Bertz CT molecular complexity index is 675. The van der Waals surface area contributed by atoms with Gasteiger partial charge in [-0.3, -0.25) is 0 Å². The molecule has 0 spiro atoms. The summed E-state index contributed by atoms with van der Waals surface area (Å²) < 4.78 is 10.0. The van der Waals surface area contributed by atoms with Gasteiger partial charge in [-0.05, 0) is 20.8 Å². The lowest BCUT2D eigenvalue weighted by atomic mass is 10.1. The van der Waals surface area contributed by atoms with Gasteiger partial charge in [-0.1, -0.05) is 30.3 Å². The maximum atomic E-state index is 12.1. The van der Waals surface area contributed by atoms with Gasteiger partial charge in [0.25, 0.3) is 0 Å². The molecule has 2 rings (SSSR count). The van der Waals surface area contributed by atoms with Crippen LogP contribution in [0.15, 0.2) is 30.3 Å². The number of benzene rings is 1. The van der Waals surface area contributed by atoms with Crippen molar-refractivity contribution >= 4 is 11.9 Å². The van der Waals surface area contributed by atoms with Crippen molar-refractivity contribution in [2.24, 2.45) is 0 Å². The van der Waals surface area contributed by atoms with Crippen molar-refractivity contribution in [1.82, 2.24) is 9.97 Å². The van der Waals surface area contributed by atoms with Gasteiger partial charge in [0.15, 0.2) is 17.2 Å². The van der Waals surface area contributed by atoms with E-state index in [2.05, 4.69) is 9.97 Å². The van der Waals surface area contributed by atoms with Crippen LogP contribution < -0.4 is 0 Å². The first-order valence-corrected chi connectivity index (χ1v) is 7.36. The number of rotatable bonds is 5. The Hall–Kier alpha value is -2.76. The number of aromatic nitrogens is 2. The van der Waals surface area contributed by atoms with Gasteiger partial charge < -0.3 is 9.47 Å². The molecule has 6 heteroatoms. The third-order valence-electron chi connectivity index (χ3n) is 3.12. The standard InChI is InChI=1S/C17H18N2O4/c1-4-22-16(20)13-11(3)14(17(21)23-5-2)19-15(18-13)12-9-7-6-8-10-12/h6-10H,4-5H2,1-3H3. The van der Waals surface area contributed by atoms with Gasteiger partial charge in [-0.25, -0.2) is 19.6 Å². The molecular weight excluding hydrogens is 296 g/mol. The Labute approximate surface area is 134 Å². The van der Waals surface area contributed by atoms with Gasteiger partial charge in [0.05, 0.1) is 13.2 Å². The highest BCUT2D eigenvalue weighted by Crippen LogP contribution is 2.20. The second-order valence-electron chi connectivity index (χ2n) is 4.68. The molecule has 0 atom stereocenters. The van der Waals surface area contributed by atoms with Crippen LogP contribution in [0.4, 0.5) is 0 Å². The summed E-state index contributed by atoms with van der Waals surface area (Å²) in [6.45, 7) is 5.46. The largest absolute Gasteiger partial charge is 0.461 e. The number of esters is 2. The highest BCUT2D eigenvalue weighted by molar-refractivity contribution is 5.96. The molecule has 0 aliphatic carbocycles. The van der Waals surface area contributed by atoms with E-state index in [-0.39, 0.29) is 30.4 Å². The molecule has 0 saturated carbocycles. The third-order valence-corrected chi connectivity index (χ3v) is 3.12. The zero-order valence-electron chi connectivity index (χ0n) is 13.3. The zero-order chi connectivity index (χ0) is 16.8. The van der Waals surface area contributed by atoms with Crippen molar-refractivity contribution in [3.05, 3.63) is 47.3 Å². The van der Waals surface area contributed by atoms with E-state index in [1.165, 1.54) is 0 Å². The minimum atomic E-state index is -0.588. The number of carbonyl (C=O) groups is 2. The van der Waals surface area contributed by atoms with Crippen LogP contribution in [0.5, 0.6) is 0 Å². The maximum Gasteiger partial charge on any atom is 0.357 e. The summed E-state index contributed by atoms with van der Waals surface area (Å²) in [5, 5.41) is 0. The molecule has 1 heterocycles. The molecule has 0 fully saturated rings. The highest BCUT2D eigenvalue weighted by Gasteiger charge is 2.23. The fraction of sp³-hybridized carbons (Fsp3) is 0.294. The first kappa shape index (κ1) is 16.6. The van der Waals surface area contributed by atoms with Crippen LogP contribution in [0.3, 0.4) is 0 Å². The topological polar surface area (TPSA) is 78.4 Å². The van der Waals surface area contributed by atoms with E-state index in [4.69, 9.17) is 9.47 Å².